The summed E-state index contributed by atoms with van der Waals surface area (Å²) in [5.74, 6) is 0.268. The van der Waals surface area contributed by atoms with Crippen molar-refractivity contribution >= 4 is 10.0 Å². The number of rotatable bonds is 4. The quantitative estimate of drug-likeness (QED) is 0.867. The highest BCUT2D eigenvalue weighted by atomic mass is 32.2. The van der Waals surface area contributed by atoms with Crippen LogP contribution in [0, 0.1) is 12.8 Å². The molecule has 3 N–H and O–H groups in total. The van der Waals surface area contributed by atoms with Crippen LogP contribution in [0.15, 0.2) is 29.2 Å². The van der Waals surface area contributed by atoms with Crippen LogP contribution in [0.3, 0.4) is 0 Å². The highest BCUT2D eigenvalue weighted by Crippen LogP contribution is 2.26. The van der Waals surface area contributed by atoms with Crippen LogP contribution in [0.2, 0.25) is 0 Å². The van der Waals surface area contributed by atoms with E-state index in [1.165, 1.54) is 0 Å². The molecule has 0 heterocycles. The van der Waals surface area contributed by atoms with Crippen LogP contribution >= 0.6 is 0 Å². The summed E-state index contributed by atoms with van der Waals surface area (Å²) < 4.78 is 27.3. The molecule has 1 aliphatic rings. The molecule has 0 bridgehead atoms. The molecule has 0 radical (unpaired) electrons. The van der Waals surface area contributed by atoms with Crippen LogP contribution in [-0.2, 0) is 10.0 Å². The molecule has 1 aromatic rings. The summed E-state index contributed by atoms with van der Waals surface area (Å²) in [5.41, 5.74) is 6.62. The Kier molecular flexibility index (Phi) is 4.04. The SMILES string of the molecule is Cc1cccc(S(=O)(=O)NC2CCCC2CN)c1. The van der Waals surface area contributed by atoms with Gasteiger partial charge in [0, 0.05) is 6.04 Å². The number of benzene rings is 1. The minimum Gasteiger partial charge on any atom is -0.330 e. The van der Waals surface area contributed by atoms with Gasteiger partial charge in [0.2, 0.25) is 10.0 Å². The van der Waals surface area contributed by atoms with Crippen molar-refractivity contribution in [3.8, 4) is 0 Å². The van der Waals surface area contributed by atoms with Crippen LogP contribution < -0.4 is 10.5 Å². The Labute approximate surface area is 109 Å². The lowest BCUT2D eigenvalue weighted by Crippen LogP contribution is -2.39. The van der Waals surface area contributed by atoms with Crippen molar-refractivity contribution in [1.29, 1.82) is 0 Å². The van der Waals surface area contributed by atoms with Gasteiger partial charge >= 0.3 is 0 Å². The minimum atomic E-state index is -3.41. The van der Waals surface area contributed by atoms with E-state index in [1.807, 2.05) is 13.0 Å². The van der Waals surface area contributed by atoms with Crippen molar-refractivity contribution in [3.05, 3.63) is 29.8 Å². The molecule has 0 amide bonds. The monoisotopic (exact) mass is 268 g/mol. The van der Waals surface area contributed by atoms with Crippen LogP contribution in [0.25, 0.3) is 0 Å². The first-order valence-electron chi connectivity index (χ1n) is 6.32. The van der Waals surface area contributed by atoms with Crippen molar-refractivity contribution in [2.24, 2.45) is 11.7 Å². The fourth-order valence-electron chi connectivity index (χ4n) is 2.52. The Hall–Kier alpha value is -0.910. The second-order valence-electron chi connectivity index (χ2n) is 4.97. The van der Waals surface area contributed by atoms with Gasteiger partial charge in [-0.15, -0.1) is 0 Å². The molecule has 5 heteroatoms. The van der Waals surface area contributed by atoms with E-state index < -0.39 is 10.0 Å². The molecule has 0 aliphatic heterocycles. The largest absolute Gasteiger partial charge is 0.330 e. The van der Waals surface area contributed by atoms with Crippen LogP contribution in [0.1, 0.15) is 24.8 Å². The second kappa shape index (κ2) is 5.38. The van der Waals surface area contributed by atoms with Crippen LogP contribution in [0.5, 0.6) is 0 Å². The summed E-state index contributed by atoms with van der Waals surface area (Å²) in [6.07, 6.45) is 2.94. The third kappa shape index (κ3) is 2.91. The fourth-order valence-corrected chi connectivity index (χ4v) is 3.97. The standard InChI is InChI=1S/C13H20N2O2S/c1-10-4-2-6-12(8-10)18(16,17)15-13-7-3-5-11(13)9-14/h2,4,6,8,11,13,15H,3,5,7,9,14H2,1H3. The highest BCUT2D eigenvalue weighted by Gasteiger charge is 2.30. The van der Waals surface area contributed by atoms with E-state index in [2.05, 4.69) is 4.72 Å². The van der Waals surface area contributed by atoms with Crippen molar-refractivity contribution in [3.63, 3.8) is 0 Å². The zero-order valence-corrected chi connectivity index (χ0v) is 11.4. The number of nitrogens with two attached hydrogens (primary N) is 1. The molecular weight excluding hydrogens is 248 g/mol. The van der Waals surface area contributed by atoms with Gasteiger partial charge in [0.1, 0.15) is 0 Å². The normalized spacial score (nSPS) is 24.3. The van der Waals surface area contributed by atoms with E-state index in [9.17, 15) is 8.42 Å². The zero-order chi connectivity index (χ0) is 13.2. The first-order chi connectivity index (χ1) is 8.53. The van der Waals surface area contributed by atoms with Gasteiger partial charge in [-0.1, -0.05) is 18.6 Å². The van der Waals surface area contributed by atoms with E-state index in [0.29, 0.717) is 11.4 Å². The van der Waals surface area contributed by atoms with Crippen molar-refractivity contribution in [2.45, 2.75) is 37.1 Å². The van der Waals surface area contributed by atoms with Gasteiger partial charge in [-0.25, -0.2) is 13.1 Å². The predicted octanol–water partition coefficient (Wildman–Crippen LogP) is 1.40. The molecule has 0 saturated heterocycles. The summed E-state index contributed by atoms with van der Waals surface area (Å²) in [4.78, 5) is 0.338. The lowest BCUT2D eigenvalue weighted by atomic mass is 10.1. The van der Waals surface area contributed by atoms with Gasteiger partial charge < -0.3 is 5.73 Å². The molecule has 4 nitrogen and oxygen atoms in total. The molecule has 0 aromatic heterocycles. The maximum atomic E-state index is 12.2. The topological polar surface area (TPSA) is 72.2 Å². The lowest BCUT2D eigenvalue weighted by molar-refractivity contribution is 0.453. The molecule has 0 spiro atoms. The molecule has 2 atom stereocenters. The molecular formula is C13H20N2O2S. The van der Waals surface area contributed by atoms with Crippen LogP contribution in [-0.4, -0.2) is 21.0 Å². The number of nitrogens with one attached hydrogen (secondary N) is 1. The predicted molar refractivity (Wildman–Crippen MR) is 71.7 cm³/mol. The Balaban J connectivity index is 2.17. The average molecular weight is 268 g/mol. The Bertz CT molecular complexity index is 513. The molecule has 100 valence electrons. The molecule has 2 unspecified atom stereocenters. The van der Waals surface area contributed by atoms with Gasteiger partial charge in [0.15, 0.2) is 0 Å². The molecule has 2 rings (SSSR count). The van der Waals surface area contributed by atoms with Gasteiger partial charge in [0.05, 0.1) is 4.90 Å². The first-order valence-corrected chi connectivity index (χ1v) is 7.80. The Morgan fingerprint density at radius 2 is 2.17 bits per heavy atom. The van der Waals surface area contributed by atoms with Crippen LogP contribution in [0.4, 0.5) is 0 Å². The lowest BCUT2D eigenvalue weighted by Gasteiger charge is -2.19. The van der Waals surface area contributed by atoms with E-state index >= 15 is 0 Å². The number of hydrogen-bond donors (Lipinski definition) is 2. The molecule has 1 saturated carbocycles. The van der Waals surface area contributed by atoms with E-state index in [-0.39, 0.29) is 12.0 Å². The fraction of sp³-hybridized carbons (Fsp3) is 0.538. The zero-order valence-electron chi connectivity index (χ0n) is 10.6. The molecule has 1 aliphatic carbocycles. The summed E-state index contributed by atoms with van der Waals surface area (Å²) >= 11 is 0. The highest BCUT2D eigenvalue weighted by molar-refractivity contribution is 7.89. The molecule has 18 heavy (non-hydrogen) atoms. The number of aryl methyl sites for hydroxylation is 1. The molecule has 1 fully saturated rings. The Morgan fingerprint density at radius 1 is 1.39 bits per heavy atom. The van der Waals surface area contributed by atoms with E-state index in [1.54, 1.807) is 18.2 Å². The van der Waals surface area contributed by atoms with Crippen molar-refractivity contribution in [1.82, 2.24) is 4.72 Å². The maximum Gasteiger partial charge on any atom is 0.240 e. The smallest absolute Gasteiger partial charge is 0.240 e. The Morgan fingerprint density at radius 3 is 2.83 bits per heavy atom. The van der Waals surface area contributed by atoms with E-state index in [0.717, 1.165) is 24.8 Å². The summed E-state index contributed by atoms with van der Waals surface area (Å²) in [6.45, 7) is 2.43. The summed E-state index contributed by atoms with van der Waals surface area (Å²) in [7, 11) is -3.41. The number of sulfonamides is 1. The van der Waals surface area contributed by atoms with Gasteiger partial charge in [-0.2, -0.15) is 0 Å². The van der Waals surface area contributed by atoms with Gasteiger partial charge in [-0.05, 0) is 49.9 Å². The first kappa shape index (κ1) is 13.5. The summed E-state index contributed by atoms with van der Waals surface area (Å²) in [5, 5.41) is 0. The maximum absolute atomic E-state index is 12.2. The van der Waals surface area contributed by atoms with E-state index in [4.69, 9.17) is 5.73 Å². The third-order valence-corrected chi connectivity index (χ3v) is 5.06. The number of hydrogen-bond acceptors (Lipinski definition) is 3. The average Bonchev–Trinajstić information content (AvgIpc) is 2.75. The summed E-state index contributed by atoms with van der Waals surface area (Å²) in [6, 6.07) is 6.95. The van der Waals surface area contributed by atoms with Crippen molar-refractivity contribution in [2.75, 3.05) is 6.54 Å². The minimum absolute atomic E-state index is 0.0134. The molecule has 1 aromatic carbocycles. The van der Waals surface area contributed by atoms with Gasteiger partial charge in [-0.3, -0.25) is 0 Å². The third-order valence-electron chi connectivity index (χ3n) is 3.57. The second-order valence-corrected chi connectivity index (χ2v) is 6.68. The van der Waals surface area contributed by atoms with Gasteiger partial charge in [0.25, 0.3) is 0 Å². The van der Waals surface area contributed by atoms with Crippen molar-refractivity contribution < 1.29 is 8.42 Å².